The predicted octanol–water partition coefficient (Wildman–Crippen LogP) is 1.78. The Balaban J connectivity index is 2.33. The second kappa shape index (κ2) is 4.47. The molecule has 1 aliphatic heterocycles. The van der Waals surface area contributed by atoms with E-state index in [0.717, 1.165) is 11.9 Å². The third-order valence-corrected chi connectivity index (χ3v) is 3.51. The quantitative estimate of drug-likeness (QED) is 0.554. The summed E-state index contributed by atoms with van der Waals surface area (Å²) in [5, 5.41) is 19.2. The summed E-state index contributed by atoms with van der Waals surface area (Å²) in [6.07, 6.45) is 0.0969. The third-order valence-electron chi connectivity index (χ3n) is 2.02. The molecular formula is C8H9N2O4PS. The number of benzene rings is 1. The van der Waals surface area contributed by atoms with Crippen LogP contribution in [-0.2, 0) is 10.7 Å². The van der Waals surface area contributed by atoms with Gasteiger partial charge in [-0.2, -0.15) is 9.46 Å². The highest BCUT2D eigenvalue weighted by Crippen LogP contribution is 2.36. The van der Waals surface area contributed by atoms with Gasteiger partial charge in [-0.15, -0.1) is 0 Å². The lowest BCUT2D eigenvalue weighted by Gasteiger charge is -2.20. The van der Waals surface area contributed by atoms with Crippen molar-refractivity contribution in [1.29, 1.82) is 0 Å². The summed E-state index contributed by atoms with van der Waals surface area (Å²) < 4.78 is 14.3. The molecule has 1 atom stereocenters. The first-order valence-electron chi connectivity index (χ1n) is 4.35. The summed E-state index contributed by atoms with van der Waals surface area (Å²) in [4.78, 5) is 9.44. The van der Waals surface area contributed by atoms with E-state index in [0.29, 0.717) is 21.2 Å². The zero-order valence-corrected chi connectivity index (χ0v) is 9.81. The fourth-order valence-corrected chi connectivity index (χ4v) is 2.61. The van der Waals surface area contributed by atoms with Gasteiger partial charge in [-0.25, -0.2) is 0 Å². The van der Waals surface area contributed by atoms with Crippen molar-refractivity contribution in [3.63, 3.8) is 0 Å². The maximum atomic E-state index is 10.7. The second-order valence-electron chi connectivity index (χ2n) is 3.17. The Labute approximate surface area is 96.2 Å². The van der Waals surface area contributed by atoms with Crippen molar-refractivity contribution in [3.8, 4) is 0 Å². The minimum atomic E-state index is -2.56. The van der Waals surface area contributed by atoms with E-state index in [9.17, 15) is 9.77 Å². The molecule has 1 aliphatic rings. The molecule has 0 spiro atoms. The van der Waals surface area contributed by atoms with E-state index in [1.165, 1.54) is 0 Å². The molecule has 6 nitrogen and oxygen atoms in total. The molecule has 1 unspecified atom stereocenters. The number of aliphatic hydroxyl groups is 1. The van der Waals surface area contributed by atoms with Crippen molar-refractivity contribution in [2.24, 2.45) is 4.40 Å². The van der Waals surface area contributed by atoms with Crippen molar-refractivity contribution in [1.82, 2.24) is 0 Å². The van der Waals surface area contributed by atoms with Crippen LogP contribution in [0.4, 0.5) is 5.69 Å². The Hall–Kier alpha value is -1.01. The number of hydroxylamine groups is 1. The van der Waals surface area contributed by atoms with Crippen molar-refractivity contribution in [3.05, 3.63) is 23.8 Å². The van der Waals surface area contributed by atoms with Gasteiger partial charge in [-0.3, -0.25) is 9.77 Å². The zero-order chi connectivity index (χ0) is 11.7. The van der Waals surface area contributed by atoms with Gasteiger partial charge in [0, 0.05) is 18.1 Å². The molecule has 8 heteroatoms. The van der Waals surface area contributed by atoms with Gasteiger partial charge in [-0.1, -0.05) is 6.07 Å². The molecule has 0 bridgehead atoms. The third kappa shape index (κ3) is 2.22. The highest BCUT2D eigenvalue weighted by molar-refractivity contribution is 7.98. The minimum Gasteiger partial charge on any atom is -0.478 e. The van der Waals surface area contributed by atoms with Crippen LogP contribution >= 0.6 is 20.0 Å². The first-order valence-corrected chi connectivity index (χ1v) is 6.69. The lowest BCUT2D eigenvalue weighted by molar-refractivity contribution is 0.281. The lowest BCUT2D eigenvalue weighted by atomic mass is 10.2. The summed E-state index contributed by atoms with van der Waals surface area (Å²) in [6.45, 7) is 0. The largest absolute Gasteiger partial charge is 0.478 e. The Morgan fingerprint density at radius 1 is 1.50 bits per heavy atom. The molecule has 0 saturated heterocycles. The summed E-state index contributed by atoms with van der Waals surface area (Å²) >= 11 is 1.01. The summed E-state index contributed by atoms with van der Waals surface area (Å²) in [5.41, 5.74) is 1.10. The number of amidine groups is 1. The molecule has 16 heavy (non-hydrogen) atoms. The van der Waals surface area contributed by atoms with Gasteiger partial charge in [0.2, 0.25) is 0 Å². The average Bonchev–Trinajstić information content (AvgIpc) is 2.23. The van der Waals surface area contributed by atoms with Crippen LogP contribution in [0.2, 0.25) is 0 Å². The molecule has 0 amide bonds. The Kier molecular flexibility index (Phi) is 3.20. The van der Waals surface area contributed by atoms with Gasteiger partial charge in [0.1, 0.15) is 0 Å². The number of rotatable bonds is 2. The van der Waals surface area contributed by atoms with E-state index in [4.69, 9.17) is 10.00 Å². The van der Waals surface area contributed by atoms with E-state index in [1.54, 1.807) is 18.2 Å². The molecule has 3 N–H and O–H groups in total. The fraction of sp³-hybridized carbons (Fsp3) is 0.125. The van der Waals surface area contributed by atoms with Gasteiger partial charge < -0.3 is 10.00 Å². The van der Waals surface area contributed by atoms with Crippen LogP contribution in [-0.4, -0.2) is 21.2 Å². The van der Waals surface area contributed by atoms with E-state index < -0.39 is 14.0 Å². The van der Waals surface area contributed by atoms with Crippen molar-refractivity contribution in [2.75, 3.05) is 5.06 Å². The van der Waals surface area contributed by atoms with Crippen LogP contribution in [0, 0.1) is 0 Å². The molecule has 0 fully saturated rings. The monoisotopic (exact) mass is 260 g/mol. The average molecular weight is 260 g/mol. The number of anilines is 1. The predicted molar refractivity (Wildman–Crippen MR) is 61.6 cm³/mol. The van der Waals surface area contributed by atoms with Crippen molar-refractivity contribution in [2.45, 2.75) is 11.1 Å². The molecular weight excluding hydrogens is 251 g/mol. The molecule has 2 rings (SSSR count). The van der Waals surface area contributed by atoms with Gasteiger partial charge in [0.15, 0.2) is 8.03 Å². The molecule has 0 aromatic heterocycles. The number of hydrogen-bond acceptors (Lipinski definition) is 5. The van der Waals surface area contributed by atoms with E-state index >= 15 is 0 Å². The van der Waals surface area contributed by atoms with Crippen LogP contribution in [0.15, 0.2) is 27.5 Å². The summed E-state index contributed by atoms with van der Waals surface area (Å²) in [6, 6.07) is 4.37. The van der Waals surface area contributed by atoms with Crippen LogP contribution in [0.3, 0.4) is 0 Å². The molecule has 86 valence electrons. The summed E-state index contributed by atoms with van der Waals surface area (Å²) in [5.74, 6) is 0. The van der Waals surface area contributed by atoms with E-state index in [2.05, 4.69) is 4.40 Å². The normalized spacial score (nSPS) is 16.6. The molecule has 0 saturated carbocycles. The number of fused-ring (bicyclic) bond motifs is 1. The van der Waals surface area contributed by atoms with E-state index in [1.807, 2.05) is 0 Å². The topological polar surface area (TPSA) is 93.4 Å². The number of nitrogens with zero attached hydrogens (tertiary/aromatic N) is 2. The fourth-order valence-electron chi connectivity index (χ4n) is 1.33. The van der Waals surface area contributed by atoms with Gasteiger partial charge in [0.25, 0.3) is 0 Å². The molecule has 1 aromatic rings. The second-order valence-corrected chi connectivity index (χ2v) is 5.11. The summed E-state index contributed by atoms with van der Waals surface area (Å²) in [7, 11) is -2.56. The first-order chi connectivity index (χ1) is 7.58. The van der Waals surface area contributed by atoms with Gasteiger partial charge in [0.05, 0.1) is 10.6 Å². The number of aliphatic hydroxyl groups excluding tert-OH is 1. The maximum absolute atomic E-state index is 10.7. The smallest absolute Gasteiger partial charge is 0.326 e. The van der Waals surface area contributed by atoms with Crippen LogP contribution in [0.5, 0.6) is 0 Å². The molecule has 1 aromatic carbocycles. The standard InChI is InChI=1S/C8H9N2O4PS/c11-8-9-16-7-3-5(4-15(13)14)1-2-6(7)10(8)12/h1-3,12,15H,4H2,(H,9,11)(H,13,14). The maximum Gasteiger partial charge on any atom is 0.326 e. The molecule has 0 radical (unpaired) electrons. The molecule has 1 heterocycles. The van der Waals surface area contributed by atoms with Crippen molar-refractivity contribution >= 4 is 31.7 Å². The molecule has 0 aliphatic carbocycles. The van der Waals surface area contributed by atoms with Crippen LogP contribution in [0.1, 0.15) is 5.56 Å². The highest BCUT2D eigenvalue weighted by Gasteiger charge is 2.20. The van der Waals surface area contributed by atoms with Crippen molar-refractivity contribution < 1.29 is 19.8 Å². The first kappa shape index (κ1) is 11.5. The lowest BCUT2D eigenvalue weighted by Crippen LogP contribution is -2.28. The van der Waals surface area contributed by atoms with Crippen LogP contribution < -0.4 is 5.06 Å². The van der Waals surface area contributed by atoms with Gasteiger partial charge in [-0.05, 0) is 17.7 Å². The van der Waals surface area contributed by atoms with E-state index in [-0.39, 0.29) is 6.16 Å². The highest BCUT2D eigenvalue weighted by atomic mass is 32.2. The van der Waals surface area contributed by atoms with Crippen LogP contribution in [0.25, 0.3) is 0 Å². The minimum absolute atomic E-state index is 0.0969. The Bertz CT molecular complexity index is 479. The zero-order valence-electron chi connectivity index (χ0n) is 7.99. The Morgan fingerprint density at radius 3 is 2.94 bits per heavy atom. The van der Waals surface area contributed by atoms with Gasteiger partial charge >= 0.3 is 6.02 Å². The SMILES string of the molecule is O=[PH](O)Cc1ccc2c(c1)SN=C(O)N2O. The Morgan fingerprint density at radius 2 is 2.25 bits per heavy atom. The number of hydrogen-bond donors (Lipinski definition) is 3.